The van der Waals surface area contributed by atoms with Crippen molar-refractivity contribution in [1.82, 2.24) is 0 Å². The second-order valence-electron chi connectivity index (χ2n) is 15.9. The molecule has 3 saturated carbocycles. The first-order valence-corrected chi connectivity index (χ1v) is 19.8. The van der Waals surface area contributed by atoms with Crippen molar-refractivity contribution in [3.63, 3.8) is 0 Å². The van der Waals surface area contributed by atoms with Crippen molar-refractivity contribution in [2.75, 3.05) is 6.61 Å². The molecule has 0 bridgehead atoms. The molecule has 198 valence electrons. The molecule has 0 amide bonds. The van der Waals surface area contributed by atoms with Crippen LogP contribution < -0.4 is 0 Å². The Morgan fingerprint density at radius 3 is 1.94 bits per heavy atom. The summed E-state index contributed by atoms with van der Waals surface area (Å²) in [4.78, 5) is 13.4. The van der Waals surface area contributed by atoms with Crippen LogP contribution in [0.1, 0.15) is 101 Å². The summed E-state index contributed by atoms with van der Waals surface area (Å²) in [6.07, 6.45) is 6.62. The lowest BCUT2D eigenvalue weighted by molar-refractivity contribution is -0.193. The van der Waals surface area contributed by atoms with E-state index in [0.29, 0.717) is 17.6 Å². The van der Waals surface area contributed by atoms with Gasteiger partial charge < -0.3 is 8.85 Å². The topological polar surface area (TPSA) is 35.5 Å². The van der Waals surface area contributed by atoms with Gasteiger partial charge in [0.1, 0.15) is 5.78 Å². The molecule has 3 aliphatic carbocycles. The Morgan fingerprint density at radius 1 is 0.853 bits per heavy atom. The van der Waals surface area contributed by atoms with E-state index in [0.717, 1.165) is 32.3 Å². The van der Waals surface area contributed by atoms with Gasteiger partial charge in [0.05, 0.1) is 6.10 Å². The van der Waals surface area contributed by atoms with Crippen molar-refractivity contribution in [3.8, 4) is 0 Å². The van der Waals surface area contributed by atoms with Gasteiger partial charge in [-0.05, 0) is 85.6 Å². The van der Waals surface area contributed by atoms with Crippen molar-refractivity contribution in [1.29, 1.82) is 0 Å². The average Bonchev–Trinajstić information content (AvgIpc) is 2.97. The van der Waals surface area contributed by atoms with Crippen molar-refractivity contribution >= 4 is 22.4 Å². The third kappa shape index (κ3) is 4.26. The lowest BCUT2D eigenvalue weighted by Crippen LogP contribution is -2.65. The van der Waals surface area contributed by atoms with Gasteiger partial charge in [0.25, 0.3) is 0 Å². The van der Waals surface area contributed by atoms with Crippen LogP contribution in [0.3, 0.4) is 0 Å². The summed E-state index contributed by atoms with van der Waals surface area (Å²) in [6, 6.07) is 0. The molecule has 0 aromatic carbocycles. The highest BCUT2D eigenvalue weighted by Crippen LogP contribution is 2.70. The highest BCUT2D eigenvalue weighted by Gasteiger charge is 2.68. The fourth-order valence-electron chi connectivity index (χ4n) is 7.30. The first-order valence-electron chi connectivity index (χ1n) is 14.0. The predicted molar refractivity (Wildman–Crippen MR) is 149 cm³/mol. The number of hydrogen-bond acceptors (Lipinski definition) is 3. The molecule has 5 heteroatoms. The first-order chi connectivity index (χ1) is 15.1. The number of fused-ring (bicyclic) bond motifs is 3. The fraction of sp³-hybridized carbons (Fsp3) is 0.966. The summed E-state index contributed by atoms with van der Waals surface area (Å²) in [7, 11) is -3.85. The van der Waals surface area contributed by atoms with E-state index in [2.05, 4.69) is 88.5 Å². The van der Waals surface area contributed by atoms with Crippen LogP contribution in [0.5, 0.6) is 0 Å². The van der Waals surface area contributed by atoms with Crippen LogP contribution in [0.25, 0.3) is 0 Å². The van der Waals surface area contributed by atoms with Gasteiger partial charge in [0.2, 0.25) is 0 Å². The van der Waals surface area contributed by atoms with Crippen LogP contribution in [0.2, 0.25) is 36.3 Å². The molecule has 0 N–H and O–H groups in total. The van der Waals surface area contributed by atoms with E-state index in [1.807, 2.05) is 0 Å². The molecular weight excluding hydrogens is 452 g/mol. The number of ketones is 1. The van der Waals surface area contributed by atoms with Crippen LogP contribution in [0, 0.1) is 28.1 Å². The van der Waals surface area contributed by atoms with Gasteiger partial charge in [-0.1, -0.05) is 62.3 Å². The summed E-state index contributed by atoms with van der Waals surface area (Å²) in [5, 5.41) is 0.363. The smallest absolute Gasteiger partial charge is 0.192 e. The Kier molecular flexibility index (Phi) is 7.17. The zero-order valence-electron chi connectivity index (χ0n) is 24.9. The van der Waals surface area contributed by atoms with Crippen LogP contribution in [0.4, 0.5) is 0 Å². The molecule has 34 heavy (non-hydrogen) atoms. The van der Waals surface area contributed by atoms with E-state index in [1.54, 1.807) is 0 Å². The third-order valence-electron chi connectivity index (χ3n) is 12.1. The molecule has 0 saturated heterocycles. The minimum absolute atomic E-state index is 0.0301. The normalized spacial score (nSPS) is 39.7. The second-order valence-corrected chi connectivity index (χ2v) is 25.4. The Balaban J connectivity index is 2.04. The lowest BCUT2D eigenvalue weighted by atomic mass is 9.41. The maximum Gasteiger partial charge on any atom is 0.192 e. The highest BCUT2D eigenvalue weighted by molar-refractivity contribution is 6.74. The van der Waals surface area contributed by atoms with Gasteiger partial charge in [-0.15, -0.1) is 0 Å². The SMILES string of the molecule is CC(C)(C)[Si](C)(C)OC[C@]1(C)[C@@H](O[Si](C)(C)C(C)(C)C)CC[C@@]2(C)[C@H]1CC[C@H]1CCC(=O)[C@@]12C. The maximum absolute atomic E-state index is 13.4. The molecule has 0 spiro atoms. The van der Waals surface area contributed by atoms with E-state index in [4.69, 9.17) is 8.85 Å². The first kappa shape index (κ1) is 28.6. The van der Waals surface area contributed by atoms with Gasteiger partial charge in [-0.2, -0.15) is 0 Å². The van der Waals surface area contributed by atoms with E-state index in [-0.39, 0.29) is 32.4 Å². The van der Waals surface area contributed by atoms with E-state index < -0.39 is 16.6 Å². The van der Waals surface area contributed by atoms with Crippen molar-refractivity contribution in [2.24, 2.45) is 28.1 Å². The minimum Gasteiger partial charge on any atom is -0.416 e. The molecule has 3 rings (SSSR count). The van der Waals surface area contributed by atoms with Crippen LogP contribution >= 0.6 is 0 Å². The number of rotatable bonds is 5. The standard InChI is InChI=1S/C29H56O3Si2/c1-25(2,3)33(10,11)31-20-27(7)22-16-14-21-15-17-23(30)29(21,9)28(22,8)19-18-24(27)32-34(12,13)26(4,5)6/h21-22,24H,14-20H2,1-13H3/t21-,22-,24-,27-,28-,29+/m0/s1. The predicted octanol–water partition coefficient (Wildman–Crippen LogP) is 8.60. The third-order valence-corrected chi connectivity index (χ3v) is 21.1. The molecule has 0 aromatic rings. The molecule has 3 fully saturated rings. The second kappa shape index (κ2) is 8.53. The summed E-state index contributed by atoms with van der Waals surface area (Å²) in [6.45, 7) is 31.6. The lowest BCUT2D eigenvalue weighted by Gasteiger charge is -2.65. The average molecular weight is 509 g/mol. The quantitative estimate of drug-likeness (QED) is 0.349. The molecule has 0 radical (unpaired) electrons. The van der Waals surface area contributed by atoms with E-state index in [1.165, 1.54) is 12.8 Å². The van der Waals surface area contributed by atoms with E-state index in [9.17, 15) is 4.79 Å². The number of hydrogen-bond donors (Lipinski definition) is 0. The van der Waals surface area contributed by atoms with Gasteiger partial charge in [-0.25, -0.2) is 0 Å². The Morgan fingerprint density at radius 2 is 1.41 bits per heavy atom. The molecular formula is C29H56O3Si2. The Hall–Kier alpha value is 0.0238. The molecule has 6 atom stereocenters. The summed E-state index contributed by atoms with van der Waals surface area (Å²) in [5.74, 6) is 1.54. The number of carbonyl (C=O) groups excluding carboxylic acids is 1. The fourth-order valence-corrected chi connectivity index (χ4v) is 9.85. The minimum atomic E-state index is -1.94. The molecule has 0 heterocycles. The zero-order valence-corrected chi connectivity index (χ0v) is 26.9. The van der Waals surface area contributed by atoms with Crippen molar-refractivity contribution < 1.29 is 13.6 Å². The number of carbonyl (C=O) groups is 1. The molecule has 0 aliphatic heterocycles. The number of Topliss-reactive ketones (excluding diaryl/α,β-unsaturated/α-hetero) is 1. The van der Waals surface area contributed by atoms with Gasteiger partial charge >= 0.3 is 0 Å². The monoisotopic (exact) mass is 508 g/mol. The molecule has 3 nitrogen and oxygen atoms in total. The van der Waals surface area contributed by atoms with Gasteiger partial charge in [-0.3, -0.25) is 4.79 Å². The molecule has 3 aliphatic rings. The van der Waals surface area contributed by atoms with Gasteiger partial charge in [0, 0.05) is 23.9 Å². The van der Waals surface area contributed by atoms with Crippen molar-refractivity contribution in [3.05, 3.63) is 0 Å². The maximum atomic E-state index is 13.4. The van der Waals surface area contributed by atoms with Crippen molar-refractivity contribution in [2.45, 2.75) is 143 Å². The molecule has 0 unspecified atom stereocenters. The van der Waals surface area contributed by atoms with Crippen LogP contribution in [-0.2, 0) is 13.6 Å². The Bertz CT molecular complexity index is 792. The van der Waals surface area contributed by atoms with Crippen LogP contribution in [0.15, 0.2) is 0 Å². The highest BCUT2D eigenvalue weighted by atomic mass is 28.4. The Labute approximate surface area is 213 Å². The molecule has 0 aromatic heterocycles. The van der Waals surface area contributed by atoms with Crippen LogP contribution in [-0.4, -0.2) is 35.1 Å². The summed E-state index contributed by atoms with van der Waals surface area (Å²) >= 11 is 0. The largest absolute Gasteiger partial charge is 0.416 e. The van der Waals surface area contributed by atoms with E-state index >= 15 is 0 Å². The van der Waals surface area contributed by atoms with Gasteiger partial charge in [0.15, 0.2) is 16.6 Å². The summed E-state index contributed by atoms with van der Waals surface area (Å²) in [5.41, 5.74) is -0.229. The summed E-state index contributed by atoms with van der Waals surface area (Å²) < 4.78 is 14.3. The zero-order chi connectivity index (χ0) is 26.2.